The van der Waals surface area contributed by atoms with E-state index in [1.165, 1.54) is 11.1 Å². The van der Waals surface area contributed by atoms with E-state index in [1.54, 1.807) is 0 Å². The predicted molar refractivity (Wildman–Crippen MR) is 79.7 cm³/mol. The van der Waals surface area contributed by atoms with Crippen molar-refractivity contribution < 1.29 is 0 Å². The molecule has 0 fully saturated rings. The summed E-state index contributed by atoms with van der Waals surface area (Å²) in [5, 5.41) is 2.08. The number of alkyl halides is 2. The average Bonchev–Trinajstić information content (AvgIpc) is 2.28. The van der Waals surface area contributed by atoms with Crippen molar-refractivity contribution in [2.24, 2.45) is 11.3 Å². The maximum atomic E-state index is 3.69. The van der Waals surface area contributed by atoms with Crippen LogP contribution in [0.2, 0.25) is 0 Å². The first-order chi connectivity index (χ1) is 7.55. The third kappa shape index (κ3) is 3.10. The lowest BCUT2D eigenvalue weighted by Crippen LogP contribution is -2.33. The molecule has 0 spiro atoms. The fourth-order valence-corrected chi connectivity index (χ4v) is 4.45. The molecule has 0 unspecified atom stereocenters. The summed E-state index contributed by atoms with van der Waals surface area (Å²) in [4.78, 5) is 0. The highest BCUT2D eigenvalue weighted by Gasteiger charge is 2.32. The van der Waals surface area contributed by atoms with E-state index in [1.807, 2.05) is 0 Å². The summed E-state index contributed by atoms with van der Waals surface area (Å²) in [5.41, 5.74) is 3.18. The van der Waals surface area contributed by atoms with E-state index in [4.69, 9.17) is 0 Å². The van der Waals surface area contributed by atoms with Gasteiger partial charge in [0.05, 0.1) is 0 Å². The summed E-state index contributed by atoms with van der Waals surface area (Å²) in [6.45, 7) is 6.81. The van der Waals surface area contributed by atoms with Gasteiger partial charge in [-0.25, -0.2) is 0 Å². The smallest absolute Gasteiger partial charge is 0.0102 e. The molecule has 1 aromatic rings. The van der Waals surface area contributed by atoms with Crippen LogP contribution in [-0.4, -0.2) is 10.7 Å². The number of hydrogen-bond donors (Lipinski definition) is 0. The Morgan fingerprint density at radius 3 is 2.12 bits per heavy atom. The van der Waals surface area contributed by atoms with Crippen molar-refractivity contribution in [3.05, 3.63) is 35.4 Å². The molecule has 0 bridgehead atoms. The van der Waals surface area contributed by atoms with E-state index in [9.17, 15) is 0 Å². The van der Waals surface area contributed by atoms with Crippen molar-refractivity contribution in [3.8, 4) is 0 Å². The summed E-state index contributed by atoms with van der Waals surface area (Å²) < 4.78 is 0. The lowest BCUT2D eigenvalue weighted by atomic mass is 9.75. The zero-order valence-electron chi connectivity index (χ0n) is 10.3. The Balaban J connectivity index is 2.96. The normalized spacial score (nSPS) is 12.1. The maximum absolute atomic E-state index is 3.69. The fraction of sp³-hybridized carbons (Fsp3) is 0.571. The lowest BCUT2D eigenvalue weighted by Gasteiger charge is -2.35. The van der Waals surface area contributed by atoms with Crippen molar-refractivity contribution in [2.75, 3.05) is 10.7 Å². The highest BCUT2D eigenvalue weighted by Crippen LogP contribution is 2.36. The van der Waals surface area contributed by atoms with Crippen LogP contribution in [0.3, 0.4) is 0 Å². The molecule has 0 aromatic heterocycles. The molecule has 90 valence electrons. The van der Waals surface area contributed by atoms with Crippen molar-refractivity contribution in [1.29, 1.82) is 0 Å². The number of aryl methyl sites for hydroxylation is 1. The summed E-state index contributed by atoms with van der Waals surface area (Å²) in [7, 11) is 0. The molecule has 0 aliphatic rings. The number of rotatable bonds is 5. The molecule has 0 N–H and O–H groups in total. The van der Waals surface area contributed by atoms with Crippen molar-refractivity contribution in [2.45, 2.75) is 27.2 Å². The van der Waals surface area contributed by atoms with Crippen LogP contribution in [0.15, 0.2) is 24.3 Å². The highest BCUT2D eigenvalue weighted by molar-refractivity contribution is 9.09. The van der Waals surface area contributed by atoms with Crippen molar-refractivity contribution in [1.82, 2.24) is 0 Å². The molecule has 2 heteroatoms. The second-order valence-electron chi connectivity index (χ2n) is 4.89. The van der Waals surface area contributed by atoms with Gasteiger partial charge in [-0.05, 0) is 35.8 Å². The Labute approximate surface area is 116 Å². The van der Waals surface area contributed by atoms with Gasteiger partial charge in [0.2, 0.25) is 0 Å². The summed E-state index contributed by atoms with van der Waals surface area (Å²) in [5.74, 6) is 0.658. The lowest BCUT2D eigenvalue weighted by molar-refractivity contribution is 0.267. The maximum Gasteiger partial charge on any atom is 0.0102 e. The van der Waals surface area contributed by atoms with E-state index < -0.39 is 0 Å². The molecular weight excluding hydrogens is 328 g/mol. The van der Waals surface area contributed by atoms with Gasteiger partial charge in [-0.1, -0.05) is 70.0 Å². The van der Waals surface area contributed by atoms with Crippen molar-refractivity contribution in [3.63, 3.8) is 0 Å². The molecule has 0 aliphatic carbocycles. The number of halogens is 2. The van der Waals surface area contributed by atoms with Gasteiger partial charge in [-0.15, -0.1) is 0 Å². The molecule has 0 heterocycles. The van der Waals surface area contributed by atoms with Gasteiger partial charge in [0.1, 0.15) is 0 Å². The van der Waals surface area contributed by atoms with Gasteiger partial charge in [-0.2, -0.15) is 0 Å². The molecule has 0 saturated heterocycles. The Kier molecular flexibility index (Phi) is 5.52. The van der Waals surface area contributed by atoms with Gasteiger partial charge in [-0.3, -0.25) is 0 Å². The Morgan fingerprint density at radius 2 is 1.69 bits per heavy atom. The Hall–Kier alpha value is 0.180. The molecule has 0 amide bonds. The standard InChI is InChI=1S/C14H20Br2/c1-11(2)14(9-15,10-16)8-13-7-5-4-6-12(13)3/h4-7,11H,8-10H2,1-3H3. The second kappa shape index (κ2) is 6.20. The first-order valence-electron chi connectivity index (χ1n) is 5.72. The molecule has 16 heavy (non-hydrogen) atoms. The third-order valence-corrected chi connectivity index (χ3v) is 5.79. The monoisotopic (exact) mass is 346 g/mol. The number of hydrogen-bond acceptors (Lipinski definition) is 0. The van der Waals surface area contributed by atoms with Crippen LogP contribution >= 0.6 is 31.9 Å². The topological polar surface area (TPSA) is 0 Å². The van der Waals surface area contributed by atoms with Gasteiger partial charge in [0, 0.05) is 10.7 Å². The fourth-order valence-electron chi connectivity index (χ4n) is 1.83. The number of benzene rings is 1. The van der Waals surface area contributed by atoms with Crippen LogP contribution in [0, 0.1) is 18.3 Å². The van der Waals surface area contributed by atoms with Gasteiger partial charge in [0.25, 0.3) is 0 Å². The molecule has 0 aliphatic heterocycles. The molecule has 1 aromatic carbocycles. The van der Waals surface area contributed by atoms with E-state index in [2.05, 4.69) is 76.9 Å². The van der Waals surface area contributed by atoms with Crippen LogP contribution in [0.25, 0.3) is 0 Å². The Bertz CT molecular complexity index is 327. The first kappa shape index (κ1) is 14.2. The largest absolute Gasteiger partial charge is 0.0921 e. The second-order valence-corrected chi connectivity index (χ2v) is 6.01. The zero-order chi connectivity index (χ0) is 12.2. The van der Waals surface area contributed by atoms with E-state index >= 15 is 0 Å². The summed E-state index contributed by atoms with van der Waals surface area (Å²) in [6.07, 6.45) is 1.13. The SMILES string of the molecule is Cc1ccccc1CC(CBr)(CBr)C(C)C. The summed E-state index contributed by atoms with van der Waals surface area (Å²) in [6, 6.07) is 8.69. The van der Waals surface area contributed by atoms with Crippen molar-refractivity contribution >= 4 is 31.9 Å². The van der Waals surface area contributed by atoms with E-state index in [0.717, 1.165) is 17.1 Å². The third-order valence-electron chi connectivity index (χ3n) is 3.56. The quantitative estimate of drug-likeness (QED) is 0.659. The minimum Gasteiger partial charge on any atom is -0.0921 e. The first-order valence-corrected chi connectivity index (χ1v) is 7.96. The minimum absolute atomic E-state index is 0.312. The van der Waals surface area contributed by atoms with E-state index in [-0.39, 0.29) is 0 Å². The molecule has 0 nitrogen and oxygen atoms in total. The minimum atomic E-state index is 0.312. The highest BCUT2D eigenvalue weighted by atomic mass is 79.9. The average molecular weight is 348 g/mol. The molecule has 0 atom stereocenters. The molecular formula is C14H20Br2. The van der Waals surface area contributed by atoms with Gasteiger partial charge < -0.3 is 0 Å². The van der Waals surface area contributed by atoms with Crippen LogP contribution in [0.5, 0.6) is 0 Å². The Morgan fingerprint density at radius 1 is 1.12 bits per heavy atom. The molecule has 0 saturated carbocycles. The summed E-state index contributed by atoms with van der Waals surface area (Å²) >= 11 is 7.37. The molecule has 1 rings (SSSR count). The van der Waals surface area contributed by atoms with Crippen LogP contribution < -0.4 is 0 Å². The molecule has 0 radical (unpaired) electrons. The van der Waals surface area contributed by atoms with E-state index in [0.29, 0.717) is 11.3 Å². The van der Waals surface area contributed by atoms with Crippen LogP contribution in [0.4, 0.5) is 0 Å². The predicted octanol–water partition coefficient (Wildman–Crippen LogP) is 4.97. The van der Waals surface area contributed by atoms with Crippen LogP contribution in [0.1, 0.15) is 25.0 Å². The van der Waals surface area contributed by atoms with Gasteiger partial charge in [0.15, 0.2) is 0 Å². The zero-order valence-corrected chi connectivity index (χ0v) is 13.4. The van der Waals surface area contributed by atoms with Crippen LogP contribution in [-0.2, 0) is 6.42 Å². The van der Waals surface area contributed by atoms with Gasteiger partial charge >= 0.3 is 0 Å².